The molecule has 3 atom stereocenters. The van der Waals surface area contributed by atoms with Crippen LogP contribution in [-0.4, -0.2) is 52.9 Å². The Morgan fingerprint density at radius 3 is 2.74 bits per heavy atom. The average molecular weight is 536 g/mol. The van der Waals surface area contributed by atoms with Crippen molar-refractivity contribution in [1.29, 1.82) is 0 Å². The third-order valence-corrected chi connectivity index (χ3v) is 10.1. The van der Waals surface area contributed by atoms with E-state index in [1.807, 2.05) is 24.3 Å². The number of carbonyl (C=O) groups is 1. The molecule has 3 aromatic rings. The molecule has 0 radical (unpaired) electrons. The zero-order valence-corrected chi connectivity index (χ0v) is 22.2. The van der Waals surface area contributed by atoms with Crippen LogP contribution in [-0.2, 0) is 27.7 Å². The fourth-order valence-corrected chi connectivity index (χ4v) is 7.99. The normalized spacial score (nSPS) is 24.8. The number of nitrogens with zero attached hydrogens (tertiary/aromatic N) is 4. The van der Waals surface area contributed by atoms with Crippen LogP contribution < -0.4 is 5.32 Å². The number of amides is 1. The van der Waals surface area contributed by atoms with E-state index in [4.69, 9.17) is 4.52 Å². The Bertz CT molecular complexity index is 1410. The number of nitrogens with one attached hydrogen (secondary N) is 1. The molecule has 6 rings (SSSR count). The molecule has 3 heterocycles. The standard InChI is InChI=1S/C28H33N5O4S/c34-27-24-16-22(28-31-26(32-37-28)21-9-6-12-29-18-21)17-25(24)33(14-4-2-1-3-13-30-27)38(35,36)23-11-10-19-7-5-8-20(19)15-23/h6,9-12,15,18,22,24-25H,1-5,7-8,13-14,16-17H2,(H,30,34). The van der Waals surface area contributed by atoms with Crippen LogP contribution in [0.3, 0.4) is 0 Å². The van der Waals surface area contributed by atoms with Crippen molar-refractivity contribution < 1.29 is 17.7 Å². The van der Waals surface area contributed by atoms with Crippen LogP contribution in [0.2, 0.25) is 0 Å². The fraction of sp³-hybridized carbons (Fsp3) is 0.500. The third-order valence-electron chi connectivity index (χ3n) is 8.23. The van der Waals surface area contributed by atoms with E-state index >= 15 is 0 Å². The summed E-state index contributed by atoms with van der Waals surface area (Å²) in [6, 6.07) is 8.74. The van der Waals surface area contributed by atoms with Gasteiger partial charge in [0.1, 0.15) is 0 Å². The van der Waals surface area contributed by atoms with Crippen LogP contribution in [0.15, 0.2) is 52.1 Å². The largest absolute Gasteiger partial charge is 0.356 e. The number of aryl methyl sites for hydroxylation is 2. The number of benzene rings is 1. The van der Waals surface area contributed by atoms with Gasteiger partial charge in [-0.15, -0.1) is 0 Å². The Kier molecular flexibility index (Phi) is 7.01. The minimum absolute atomic E-state index is 0.0967. The molecular weight excluding hydrogens is 502 g/mol. The number of pyridine rings is 1. The monoisotopic (exact) mass is 535 g/mol. The summed E-state index contributed by atoms with van der Waals surface area (Å²) >= 11 is 0. The lowest BCUT2D eigenvalue weighted by molar-refractivity contribution is -0.125. The lowest BCUT2D eigenvalue weighted by Crippen LogP contribution is -2.47. The average Bonchev–Trinajstić information content (AvgIpc) is 3.69. The van der Waals surface area contributed by atoms with E-state index in [0.717, 1.165) is 56.1 Å². The van der Waals surface area contributed by atoms with E-state index in [0.29, 0.717) is 42.5 Å². The van der Waals surface area contributed by atoms with Crippen LogP contribution in [0.4, 0.5) is 0 Å². The van der Waals surface area contributed by atoms with Crippen LogP contribution in [0.25, 0.3) is 11.4 Å². The second kappa shape index (κ2) is 10.6. The molecule has 1 N–H and O–H groups in total. The number of rotatable bonds is 4. The molecule has 10 heteroatoms. The van der Waals surface area contributed by atoms with Crippen molar-refractivity contribution in [1.82, 2.24) is 24.7 Å². The van der Waals surface area contributed by atoms with Gasteiger partial charge in [-0.3, -0.25) is 9.78 Å². The minimum atomic E-state index is -3.81. The van der Waals surface area contributed by atoms with Gasteiger partial charge in [0.25, 0.3) is 0 Å². The van der Waals surface area contributed by atoms with Crippen molar-refractivity contribution in [2.24, 2.45) is 5.92 Å². The molecule has 0 spiro atoms. The summed E-state index contributed by atoms with van der Waals surface area (Å²) in [7, 11) is -3.81. The van der Waals surface area contributed by atoms with Crippen molar-refractivity contribution >= 4 is 15.9 Å². The van der Waals surface area contributed by atoms with Gasteiger partial charge in [-0.2, -0.15) is 9.29 Å². The van der Waals surface area contributed by atoms with Crippen LogP contribution in [0.1, 0.15) is 67.9 Å². The second-order valence-electron chi connectivity index (χ2n) is 10.6. The third kappa shape index (κ3) is 4.87. The Labute approximate surface area is 223 Å². The first kappa shape index (κ1) is 25.2. The highest BCUT2D eigenvalue weighted by Gasteiger charge is 2.47. The minimum Gasteiger partial charge on any atom is -0.356 e. The zero-order chi connectivity index (χ0) is 26.1. The van der Waals surface area contributed by atoms with Crippen molar-refractivity contribution in [3.8, 4) is 11.4 Å². The lowest BCUT2D eigenvalue weighted by Gasteiger charge is -2.31. The topological polar surface area (TPSA) is 118 Å². The van der Waals surface area contributed by atoms with Gasteiger partial charge in [0.15, 0.2) is 0 Å². The van der Waals surface area contributed by atoms with E-state index in [9.17, 15) is 13.2 Å². The summed E-state index contributed by atoms with van der Waals surface area (Å²) in [5.74, 6) is 0.0756. The summed E-state index contributed by atoms with van der Waals surface area (Å²) in [6.07, 6.45) is 10.8. The number of carbonyl (C=O) groups excluding carboxylic acids is 1. The second-order valence-corrected chi connectivity index (χ2v) is 12.5. The molecule has 1 aromatic carbocycles. The predicted octanol–water partition coefficient (Wildman–Crippen LogP) is 3.86. The molecule has 2 aliphatic carbocycles. The van der Waals surface area contributed by atoms with Gasteiger partial charge in [-0.1, -0.05) is 24.1 Å². The SMILES string of the molecule is O=C1NCCCCCCN(S(=O)(=O)c2ccc3c(c2)CCC3)C2CC(c3nc(-c4cccnc4)no3)CC12. The molecule has 200 valence electrons. The highest BCUT2D eigenvalue weighted by molar-refractivity contribution is 7.89. The first-order chi connectivity index (χ1) is 18.5. The van der Waals surface area contributed by atoms with Gasteiger partial charge < -0.3 is 9.84 Å². The molecule has 1 saturated carbocycles. The molecule has 3 aliphatic rings. The summed E-state index contributed by atoms with van der Waals surface area (Å²) in [5.41, 5.74) is 3.10. The van der Waals surface area contributed by atoms with Crippen molar-refractivity contribution in [3.05, 3.63) is 59.7 Å². The molecule has 38 heavy (non-hydrogen) atoms. The maximum absolute atomic E-state index is 14.2. The molecular formula is C28H33N5O4S. The van der Waals surface area contributed by atoms with E-state index < -0.39 is 22.0 Å². The lowest BCUT2D eigenvalue weighted by atomic mass is 10.0. The summed E-state index contributed by atoms with van der Waals surface area (Å²) in [6.45, 7) is 1.00. The number of hydrogen-bond acceptors (Lipinski definition) is 7. The maximum Gasteiger partial charge on any atom is 0.243 e. The van der Waals surface area contributed by atoms with E-state index in [1.165, 1.54) is 5.56 Å². The zero-order valence-electron chi connectivity index (χ0n) is 21.4. The van der Waals surface area contributed by atoms with Crippen molar-refractivity contribution in [3.63, 3.8) is 0 Å². The smallest absolute Gasteiger partial charge is 0.243 e. The Morgan fingerprint density at radius 2 is 1.87 bits per heavy atom. The molecule has 3 unspecified atom stereocenters. The molecule has 2 aromatic heterocycles. The maximum atomic E-state index is 14.2. The van der Waals surface area contributed by atoms with Gasteiger partial charge in [0.05, 0.1) is 10.8 Å². The molecule has 9 nitrogen and oxygen atoms in total. The highest BCUT2D eigenvalue weighted by Crippen LogP contribution is 2.43. The summed E-state index contributed by atoms with van der Waals surface area (Å²) in [5, 5.41) is 7.20. The van der Waals surface area contributed by atoms with Gasteiger partial charge in [-0.25, -0.2) is 8.42 Å². The molecule has 1 aliphatic heterocycles. The van der Waals surface area contributed by atoms with Gasteiger partial charge in [-0.05, 0) is 80.3 Å². The van der Waals surface area contributed by atoms with E-state index in [1.54, 1.807) is 22.8 Å². The van der Waals surface area contributed by atoms with Gasteiger partial charge in [0, 0.05) is 43.0 Å². The van der Waals surface area contributed by atoms with Crippen molar-refractivity contribution in [2.45, 2.75) is 74.6 Å². The van der Waals surface area contributed by atoms with Gasteiger partial charge in [0.2, 0.25) is 27.6 Å². The van der Waals surface area contributed by atoms with E-state index in [-0.39, 0.29) is 11.8 Å². The number of hydrogen-bond donors (Lipinski definition) is 1. The molecule has 0 bridgehead atoms. The predicted molar refractivity (Wildman–Crippen MR) is 141 cm³/mol. The molecule has 2 fully saturated rings. The fourth-order valence-electron chi connectivity index (χ4n) is 6.23. The van der Waals surface area contributed by atoms with E-state index in [2.05, 4.69) is 20.4 Å². The van der Waals surface area contributed by atoms with Crippen molar-refractivity contribution in [2.75, 3.05) is 13.1 Å². The first-order valence-corrected chi connectivity index (χ1v) is 15.1. The van der Waals surface area contributed by atoms with Gasteiger partial charge >= 0.3 is 0 Å². The van der Waals surface area contributed by atoms with Crippen LogP contribution in [0.5, 0.6) is 0 Å². The Morgan fingerprint density at radius 1 is 1.00 bits per heavy atom. The Hall–Kier alpha value is -3.11. The molecule has 1 saturated heterocycles. The number of fused-ring (bicyclic) bond motifs is 2. The summed E-state index contributed by atoms with van der Waals surface area (Å²) in [4.78, 5) is 22.4. The molecule has 1 amide bonds. The first-order valence-electron chi connectivity index (χ1n) is 13.7. The number of sulfonamides is 1. The highest BCUT2D eigenvalue weighted by atomic mass is 32.2. The van der Waals surface area contributed by atoms with Crippen LogP contribution in [0, 0.1) is 5.92 Å². The van der Waals surface area contributed by atoms with Crippen LogP contribution >= 0.6 is 0 Å². The Balaban J connectivity index is 1.34. The summed E-state index contributed by atoms with van der Waals surface area (Å²) < 4.78 is 35.6. The number of aromatic nitrogens is 3. The quantitative estimate of drug-likeness (QED) is 0.539.